The third-order valence-corrected chi connectivity index (χ3v) is 3.40. The fourth-order valence-electron chi connectivity index (χ4n) is 2.41. The van der Waals surface area contributed by atoms with Crippen LogP contribution in [0.15, 0.2) is 0 Å². The Hall–Kier alpha value is -0.610. The summed E-state index contributed by atoms with van der Waals surface area (Å²) in [5.41, 5.74) is 5.53. The van der Waals surface area contributed by atoms with Gasteiger partial charge in [0.1, 0.15) is 0 Å². The van der Waals surface area contributed by atoms with Crippen LogP contribution in [0.25, 0.3) is 0 Å². The van der Waals surface area contributed by atoms with E-state index < -0.39 is 6.04 Å². The molecule has 0 spiro atoms. The first-order valence-corrected chi connectivity index (χ1v) is 5.89. The van der Waals surface area contributed by atoms with Crippen molar-refractivity contribution in [2.75, 3.05) is 6.54 Å². The van der Waals surface area contributed by atoms with Crippen LogP contribution in [0.3, 0.4) is 0 Å². The summed E-state index contributed by atoms with van der Waals surface area (Å²) in [6, 6.07) is 1.31. The molecule has 2 rings (SSSR count). The number of amides is 1. The van der Waals surface area contributed by atoms with Gasteiger partial charge in [0, 0.05) is 24.7 Å². The van der Waals surface area contributed by atoms with Crippen molar-refractivity contribution in [1.29, 1.82) is 0 Å². The smallest absolute Gasteiger partial charge is 0.236 e. The van der Waals surface area contributed by atoms with Gasteiger partial charge in [-0.25, -0.2) is 0 Å². The van der Waals surface area contributed by atoms with Crippen LogP contribution in [0, 0.1) is 0 Å². The number of likely N-dealkylation sites (tertiary alicyclic amines) is 1. The van der Waals surface area contributed by atoms with E-state index in [1.165, 1.54) is 12.8 Å². The van der Waals surface area contributed by atoms with Gasteiger partial charge >= 0.3 is 0 Å². The monoisotopic (exact) mass is 211 g/mol. The van der Waals surface area contributed by atoms with Crippen LogP contribution in [-0.4, -0.2) is 41.5 Å². The highest BCUT2D eigenvalue weighted by atomic mass is 16.2. The molecule has 0 aromatic rings. The molecule has 1 aliphatic heterocycles. The van der Waals surface area contributed by atoms with Gasteiger partial charge in [0.05, 0.1) is 6.04 Å². The molecule has 0 aromatic heterocycles. The van der Waals surface area contributed by atoms with Gasteiger partial charge in [0.25, 0.3) is 0 Å². The zero-order valence-electron chi connectivity index (χ0n) is 9.57. The second kappa shape index (κ2) is 4.10. The minimum absolute atomic E-state index is 0.0233. The van der Waals surface area contributed by atoms with E-state index in [-0.39, 0.29) is 5.91 Å². The van der Waals surface area contributed by atoms with Crippen molar-refractivity contribution in [3.8, 4) is 0 Å². The van der Waals surface area contributed by atoms with E-state index in [0.717, 1.165) is 19.0 Å². The predicted molar refractivity (Wildman–Crippen MR) is 59.4 cm³/mol. The third kappa shape index (κ3) is 2.49. The highest BCUT2D eigenvalue weighted by Crippen LogP contribution is 2.33. The quantitative estimate of drug-likeness (QED) is 0.695. The molecule has 1 saturated carbocycles. The van der Waals surface area contributed by atoms with Crippen molar-refractivity contribution in [3.05, 3.63) is 0 Å². The van der Waals surface area contributed by atoms with Crippen molar-refractivity contribution in [2.24, 2.45) is 5.73 Å². The van der Waals surface area contributed by atoms with Gasteiger partial charge in [-0.15, -0.1) is 0 Å². The Bertz CT molecular complexity index is 250. The maximum atomic E-state index is 11.4. The van der Waals surface area contributed by atoms with Gasteiger partial charge in [-0.1, -0.05) is 0 Å². The number of hydrogen-bond donors (Lipinski definition) is 2. The topological polar surface area (TPSA) is 58.4 Å². The zero-order valence-corrected chi connectivity index (χ0v) is 9.57. The van der Waals surface area contributed by atoms with Crippen molar-refractivity contribution in [1.82, 2.24) is 10.2 Å². The zero-order chi connectivity index (χ0) is 11.0. The molecule has 0 radical (unpaired) electrons. The summed E-state index contributed by atoms with van der Waals surface area (Å²) in [5, 5.41) is 3.02. The highest BCUT2D eigenvalue weighted by Gasteiger charge is 2.39. The molecule has 3 atom stereocenters. The molecule has 3 unspecified atom stereocenters. The van der Waals surface area contributed by atoms with E-state index >= 15 is 0 Å². The van der Waals surface area contributed by atoms with Gasteiger partial charge in [-0.2, -0.15) is 0 Å². The fourth-order valence-corrected chi connectivity index (χ4v) is 2.41. The van der Waals surface area contributed by atoms with E-state index in [4.69, 9.17) is 5.73 Å². The van der Waals surface area contributed by atoms with Gasteiger partial charge in [-0.05, 0) is 33.1 Å². The first-order chi connectivity index (χ1) is 7.08. The molecule has 4 heteroatoms. The van der Waals surface area contributed by atoms with Gasteiger partial charge in [0.15, 0.2) is 0 Å². The van der Waals surface area contributed by atoms with E-state index in [1.807, 2.05) is 0 Å². The molecule has 4 nitrogen and oxygen atoms in total. The summed E-state index contributed by atoms with van der Waals surface area (Å²) in [6.45, 7) is 4.98. The number of hydrogen-bond acceptors (Lipinski definition) is 3. The Morgan fingerprint density at radius 2 is 2.20 bits per heavy atom. The first kappa shape index (κ1) is 10.9. The SMILES string of the molecule is CC(N)C(=O)NC1CC(C)N(C2CC2)C1. The number of nitrogens with one attached hydrogen (secondary N) is 1. The molecule has 15 heavy (non-hydrogen) atoms. The Balaban J connectivity index is 1.83. The van der Waals surface area contributed by atoms with Crippen molar-refractivity contribution >= 4 is 5.91 Å². The summed E-state index contributed by atoms with van der Waals surface area (Å²) in [7, 11) is 0. The molecule has 1 heterocycles. The molecule has 0 bridgehead atoms. The molecular weight excluding hydrogens is 190 g/mol. The highest BCUT2D eigenvalue weighted by molar-refractivity contribution is 5.81. The average molecular weight is 211 g/mol. The standard InChI is InChI=1S/C11H21N3O/c1-7-5-9(13-11(15)8(2)12)6-14(7)10-3-4-10/h7-10H,3-6,12H2,1-2H3,(H,13,15). The number of rotatable bonds is 3. The van der Waals surface area contributed by atoms with Crippen LogP contribution in [0.4, 0.5) is 0 Å². The molecule has 1 aliphatic carbocycles. The first-order valence-electron chi connectivity index (χ1n) is 5.89. The van der Waals surface area contributed by atoms with Crippen LogP contribution in [0.5, 0.6) is 0 Å². The Morgan fingerprint density at radius 3 is 2.73 bits per heavy atom. The average Bonchev–Trinajstić information content (AvgIpc) is 2.92. The number of carbonyl (C=O) groups excluding carboxylic acids is 1. The maximum Gasteiger partial charge on any atom is 0.236 e. The Morgan fingerprint density at radius 1 is 1.53 bits per heavy atom. The maximum absolute atomic E-state index is 11.4. The summed E-state index contributed by atoms with van der Waals surface area (Å²) < 4.78 is 0. The van der Waals surface area contributed by atoms with Gasteiger partial charge < -0.3 is 11.1 Å². The van der Waals surface area contributed by atoms with Crippen LogP contribution >= 0.6 is 0 Å². The molecule has 86 valence electrons. The summed E-state index contributed by atoms with van der Waals surface area (Å²) >= 11 is 0. The third-order valence-electron chi connectivity index (χ3n) is 3.40. The second-order valence-electron chi connectivity index (χ2n) is 5.01. The lowest BCUT2D eigenvalue weighted by Gasteiger charge is -2.19. The molecule has 1 amide bonds. The molecule has 2 aliphatic rings. The Kier molecular flexibility index (Phi) is 2.98. The van der Waals surface area contributed by atoms with E-state index in [2.05, 4.69) is 17.1 Å². The number of carbonyl (C=O) groups is 1. The summed E-state index contributed by atoms with van der Waals surface area (Å²) in [6.07, 6.45) is 3.73. The van der Waals surface area contributed by atoms with Crippen molar-refractivity contribution in [3.63, 3.8) is 0 Å². The van der Waals surface area contributed by atoms with Crippen molar-refractivity contribution < 1.29 is 4.79 Å². The Labute approximate surface area is 91.2 Å². The van der Waals surface area contributed by atoms with E-state index in [9.17, 15) is 4.79 Å². The number of nitrogens with zero attached hydrogens (tertiary/aromatic N) is 1. The molecule has 0 aromatic carbocycles. The van der Waals surface area contributed by atoms with Crippen molar-refractivity contribution in [2.45, 2.75) is 57.3 Å². The van der Waals surface area contributed by atoms with E-state index in [1.54, 1.807) is 6.92 Å². The van der Waals surface area contributed by atoms with E-state index in [0.29, 0.717) is 12.1 Å². The molecular formula is C11H21N3O. The van der Waals surface area contributed by atoms with Crippen LogP contribution in [0.2, 0.25) is 0 Å². The normalized spacial score (nSPS) is 34.1. The minimum Gasteiger partial charge on any atom is -0.351 e. The minimum atomic E-state index is -0.393. The largest absolute Gasteiger partial charge is 0.351 e. The lowest BCUT2D eigenvalue weighted by Crippen LogP contribution is -2.45. The van der Waals surface area contributed by atoms with Crippen LogP contribution in [0.1, 0.15) is 33.1 Å². The van der Waals surface area contributed by atoms with Gasteiger partial charge in [-0.3, -0.25) is 9.69 Å². The molecule has 3 N–H and O–H groups in total. The summed E-state index contributed by atoms with van der Waals surface area (Å²) in [5.74, 6) is -0.0233. The fraction of sp³-hybridized carbons (Fsp3) is 0.909. The lowest BCUT2D eigenvalue weighted by molar-refractivity contribution is -0.122. The van der Waals surface area contributed by atoms with Crippen LogP contribution < -0.4 is 11.1 Å². The van der Waals surface area contributed by atoms with Gasteiger partial charge in [0.2, 0.25) is 5.91 Å². The summed E-state index contributed by atoms with van der Waals surface area (Å²) in [4.78, 5) is 14.0. The number of nitrogens with two attached hydrogens (primary N) is 1. The second-order valence-corrected chi connectivity index (χ2v) is 5.01. The van der Waals surface area contributed by atoms with Crippen LogP contribution in [-0.2, 0) is 4.79 Å². The predicted octanol–water partition coefficient (Wildman–Crippen LogP) is 0.0750. The molecule has 2 fully saturated rings. The molecule has 1 saturated heterocycles. The lowest BCUT2D eigenvalue weighted by atomic mass is 10.2.